The maximum absolute atomic E-state index is 12.0. The van der Waals surface area contributed by atoms with Crippen LogP contribution >= 0.6 is 11.6 Å². The van der Waals surface area contributed by atoms with E-state index >= 15 is 0 Å². The van der Waals surface area contributed by atoms with Crippen molar-refractivity contribution >= 4 is 17.6 Å². The summed E-state index contributed by atoms with van der Waals surface area (Å²) in [5.41, 5.74) is -0.115. The van der Waals surface area contributed by atoms with Gasteiger partial charge in [0, 0.05) is 10.6 Å². The molecule has 5 nitrogen and oxygen atoms in total. The Hall–Kier alpha value is -3.18. The molecular formula is C26H26ClO5-. The maximum Gasteiger partial charge on any atom is 0.230 e. The van der Waals surface area contributed by atoms with Crippen LogP contribution in [0.1, 0.15) is 38.8 Å². The molecule has 1 unspecified atom stereocenters. The van der Waals surface area contributed by atoms with Crippen molar-refractivity contribution in [2.75, 3.05) is 6.79 Å². The minimum absolute atomic E-state index is 0.00460. The molecule has 0 aliphatic rings. The lowest BCUT2D eigenvalue weighted by Crippen LogP contribution is -2.47. The number of aliphatic carboxylic acids is 1. The number of hydrogen-bond donors (Lipinski definition) is 0. The molecular weight excluding hydrogens is 428 g/mol. The molecule has 0 fully saturated rings. The van der Waals surface area contributed by atoms with E-state index in [2.05, 4.69) is 20.8 Å². The maximum atomic E-state index is 12.0. The summed E-state index contributed by atoms with van der Waals surface area (Å²) in [6, 6.07) is 20.9. The summed E-state index contributed by atoms with van der Waals surface area (Å²) < 4.78 is 16.9. The van der Waals surface area contributed by atoms with Crippen LogP contribution in [0.4, 0.5) is 0 Å². The predicted octanol–water partition coefficient (Wildman–Crippen LogP) is 5.10. The number of carbonyl (C=O) groups is 1. The second kappa shape index (κ2) is 9.53. The quantitative estimate of drug-likeness (QED) is 0.444. The Balaban J connectivity index is 1.67. The smallest absolute Gasteiger partial charge is 0.230 e. The second-order valence-corrected chi connectivity index (χ2v) is 9.02. The van der Waals surface area contributed by atoms with Crippen molar-refractivity contribution in [1.82, 2.24) is 0 Å². The zero-order valence-corrected chi connectivity index (χ0v) is 19.3. The van der Waals surface area contributed by atoms with Crippen molar-refractivity contribution in [2.45, 2.75) is 38.7 Å². The highest BCUT2D eigenvalue weighted by Crippen LogP contribution is 2.31. The highest BCUT2D eigenvalue weighted by Gasteiger charge is 2.31. The lowest BCUT2D eigenvalue weighted by Gasteiger charge is -2.32. The van der Waals surface area contributed by atoms with E-state index in [4.69, 9.17) is 25.8 Å². The molecule has 1 atom stereocenters. The molecule has 0 aromatic heterocycles. The molecule has 0 heterocycles. The van der Waals surface area contributed by atoms with Gasteiger partial charge in [0.1, 0.15) is 17.2 Å². The molecule has 0 N–H and O–H groups in total. The molecule has 0 amide bonds. The first-order valence-corrected chi connectivity index (χ1v) is 10.6. The Morgan fingerprint density at radius 1 is 0.750 bits per heavy atom. The molecule has 0 saturated heterocycles. The van der Waals surface area contributed by atoms with Gasteiger partial charge in [0.25, 0.3) is 0 Å². The number of hydrogen-bond acceptors (Lipinski definition) is 5. The van der Waals surface area contributed by atoms with Crippen LogP contribution in [0, 0.1) is 0 Å². The van der Waals surface area contributed by atoms with E-state index < -0.39 is 11.6 Å². The molecule has 0 bridgehead atoms. The van der Waals surface area contributed by atoms with Gasteiger partial charge in [-0.3, -0.25) is 0 Å². The third-order valence-corrected chi connectivity index (χ3v) is 5.35. The third-order valence-electron chi connectivity index (χ3n) is 5.10. The molecule has 0 aliphatic heterocycles. The Morgan fingerprint density at radius 2 is 1.19 bits per heavy atom. The van der Waals surface area contributed by atoms with Gasteiger partial charge in [0.15, 0.2) is 5.60 Å². The number of benzene rings is 3. The zero-order chi connectivity index (χ0) is 23.4. The molecule has 0 spiro atoms. The number of ether oxygens (including phenoxy) is 3. The van der Waals surface area contributed by atoms with Crippen molar-refractivity contribution in [3.63, 3.8) is 0 Å². The Bertz CT molecular complexity index is 1040. The second-order valence-electron chi connectivity index (χ2n) is 8.58. The van der Waals surface area contributed by atoms with Crippen LogP contribution in [0.15, 0.2) is 72.8 Å². The van der Waals surface area contributed by atoms with Gasteiger partial charge < -0.3 is 24.1 Å². The highest BCUT2D eigenvalue weighted by atomic mass is 35.5. The van der Waals surface area contributed by atoms with Crippen molar-refractivity contribution in [1.29, 1.82) is 0 Å². The van der Waals surface area contributed by atoms with E-state index in [0.717, 1.165) is 5.56 Å². The average molecular weight is 454 g/mol. The Morgan fingerprint density at radius 3 is 1.66 bits per heavy atom. The standard InChI is InChI=1S/C26H27ClO5/c1-25(2,3)18-5-13-23(14-6-18)32-26(4,24(28)29)19-7-11-21(12-8-19)30-17-31-22-15-9-20(27)10-16-22/h5-16H,17H2,1-4H3,(H,28,29)/p-1. The van der Waals surface area contributed by atoms with Crippen molar-refractivity contribution < 1.29 is 24.1 Å². The highest BCUT2D eigenvalue weighted by molar-refractivity contribution is 6.30. The number of halogens is 1. The van der Waals surface area contributed by atoms with Gasteiger partial charge in [-0.15, -0.1) is 0 Å². The van der Waals surface area contributed by atoms with Gasteiger partial charge in [-0.25, -0.2) is 0 Å². The lowest BCUT2D eigenvalue weighted by atomic mass is 9.87. The fourth-order valence-electron chi connectivity index (χ4n) is 3.04. The molecule has 0 aliphatic carbocycles. The first-order valence-electron chi connectivity index (χ1n) is 10.2. The minimum atomic E-state index is -1.67. The molecule has 3 aromatic rings. The summed E-state index contributed by atoms with van der Waals surface area (Å²) in [5.74, 6) is 0.262. The largest absolute Gasteiger partial charge is 0.545 e. The number of rotatable bonds is 8. The number of carboxylic acids is 1. The summed E-state index contributed by atoms with van der Waals surface area (Å²) in [5, 5.41) is 12.6. The number of carbonyl (C=O) groups excluding carboxylic acids is 1. The SMILES string of the molecule is CC(C)(C)c1ccc(OC(C)(C(=O)[O-])c2ccc(OCOc3ccc(Cl)cc3)cc2)cc1. The summed E-state index contributed by atoms with van der Waals surface area (Å²) in [6.07, 6.45) is 0. The topological polar surface area (TPSA) is 67.8 Å². The molecule has 32 heavy (non-hydrogen) atoms. The molecule has 0 radical (unpaired) electrons. The predicted molar refractivity (Wildman–Crippen MR) is 122 cm³/mol. The first-order chi connectivity index (χ1) is 15.1. The Labute approximate surface area is 193 Å². The van der Waals surface area contributed by atoms with E-state index in [1.807, 2.05) is 12.1 Å². The minimum Gasteiger partial charge on any atom is -0.545 e. The van der Waals surface area contributed by atoms with Crippen LogP contribution in [0.2, 0.25) is 5.02 Å². The summed E-state index contributed by atoms with van der Waals surface area (Å²) in [7, 11) is 0. The van der Waals surface area contributed by atoms with Gasteiger partial charge in [-0.05, 0) is 66.4 Å². The monoisotopic (exact) mass is 453 g/mol. The normalized spacial score (nSPS) is 13.2. The summed E-state index contributed by atoms with van der Waals surface area (Å²) in [6.45, 7) is 7.80. The van der Waals surface area contributed by atoms with Crippen LogP contribution in [0.5, 0.6) is 17.2 Å². The lowest BCUT2D eigenvalue weighted by molar-refractivity contribution is -0.322. The average Bonchev–Trinajstić information content (AvgIpc) is 2.75. The molecule has 6 heteroatoms. The van der Waals surface area contributed by atoms with Crippen LogP contribution in [0.3, 0.4) is 0 Å². The molecule has 0 saturated carbocycles. The van der Waals surface area contributed by atoms with Gasteiger partial charge in [0.05, 0.1) is 5.97 Å². The first kappa shape index (κ1) is 23.5. The number of carboxylic acid groups (broad SMARTS) is 1. The van der Waals surface area contributed by atoms with Crippen molar-refractivity contribution in [3.05, 3.63) is 88.9 Å². The van der Waals surface area contributed by atoms with E-state index in [-0.39, 0.29) is 12.2 Å². The fraction of sp³-hybridized carbons (Fsp3) is 0.269. The van der Waals surface area contributed by atoms with Gasteiger partial charge in [0.2, 0.25) is 6.79 Å². The van der Waals surface area contributed by atoms with Gasteiger partial charge in [-0.1, -0.05) is 56.6 Å². The van der Waals surface area contributed by atoms with Crippen LogP contribution in [-0.2, 0) is 15.8 Å². The Kier molecular flexibility index (Phi) is 6.99. The van der Waals surface area contributed by atoms with Crippen molar-refractivity contribution in [2.24, 2.45) is 0 Å². The van der Waals surface area contributed by atoms with E-state index in [9.17, 15) is 9.90 Å². The third kappa shape index (κ3) is 5.74. The van der Waals surface area contributed by atoms with E-state index in [0.29, 0.717) is 27.8 Å². The van der Waals surface area contributed by atoms with E-state index in [1.165, 1.54) is 6.92 Å². The molecule has 3 aromatic carbocycles. The molecule has 3 rings (SSSR count). The van der Waals surface area contributed by atoms with Crippen LogP contribution < -0.4 is 19.3 Å². The van der Waals surface area contributed by atoms with Crippen molar-refractivity contribution in [3.8, 4) is 17.2 Å². The zero-order valence-electron chi connectivity index (χ0n) is 18.6. The van der Waals surface area contributed by atoms with E-state index in [1.54, 1.807) is 60.7 Å². The summed E-state index contributed by atoms with van der Waals surface area (Å²) in [4.78, 5) is 12.0. The van der Waals surface area contributed by atoms with Gasteiger partial charge in [-0.2, -0.15) is 0 Å². The molecule has 168 valence electrons. The van der Waals surface area contributed by atoms with Crippen LogP contribution in [-0.4, -0.2) is 12.8 Å². The summed E-state index contributed by atoms with van der Waals surface area (Å²) >= 11 is 5.85. The van der Waals surface area contributed by atoms with Gasteiger partial charge >= 0.3 is 0 Å². The van der Waals surface area contributed by atoms with Crippen LogP contribution in [0.25, 0.3) is 0 Å². The fourth-order valence-corrected chi connectivity index (χ4v) is 3.17.